The van der Waals surface area contributed by atoms with E-state index < -0.39 is 0 Å². The fourth-order valence-electron chi connectivity index (χ4n) is 2.44. The molecule has 0 aliphatic heterocycles. The van der Waals surface area contributed by atoms with Crippen LogP contribution in [0.25, 0.3) is 5.65 Å². The quantitative estimate of drug-likeness (QED) is 0.789. The van der Waals surface area contributed by atoms with Gasteiger partial charge in [-0.15, -0.1) is 10.2 Å². The lowest BCUT2D eigenvalue weighted by Crippen LogP contribution is -2.16. The number of nitrogens with zero attached hydrogens (tertiary/aromatic N) is 3. The molecule has 4 nitrogen and oxygen atoms in total. The third-order valence-corrected chi connectivity index (χ3v) is 3.61. The van der Waals surface area contributed by atoms with Crippen molar-refractivity contribution in [3.8, 4) is 0 Å². The van der Waals surface area contributed by atoms with Gasteiger partial charge in [0.05, 0.1) is 6.54 Å². The van der Waals surface area contributed by atoms with Crippen molar-refractivity contribution in [2.24, 2.45) is 0 Å². The van der Waals surface area contributed by atoms with Crippen LogP contribution < -0.4 is 5.32 Å². The molecule has 1 aromatic carbocycles. The van der Waals surface area contributed by atoms with E-state index in [1.807, 2.05) is 28.8 Å². The Kier molecular flexibility index (Phi) is 3.48. The Labute approximate surface area is 118 Å². The third-order valence-electron chi connectivity index (χ3n) is 3.61. The fourth-order valence-corrected chi connectivity index (χ4v) is 2.44. The average Bonchev–Trinajstić information content (AvgIpc) is 2.86. The first kappa shape index (κ1) is 12.8. The summed E-state index contributed by atoms with van der Waals surface area (Å²) in [5, 5.41) is 11.8. The highest BCUT2D eigenvalue weighted by Gasteiger charge is 2.05. The molecule has 0 unspecified atom stereocenters. The molecule has 0 radical (unpaired) electrons. The van der Waals surface area contributed by atoms with E-state index in [2.05, 4.69) is 47.6 Å². The Morgan fingerprint density at radius 2 is 1.75 bits per heavy atom. The minimum Gasteiger partial charge on any atom is -0.306 e. The van der Waals surface area contributed by atoms with Crippen molar-refractivity contribution in [1.82, 2.24) is 19.9 Å². The van der Waals surface area contributed by atoms with Crippen LogP contribution in [0.1, 0.15) is 22.5 Å². The van der Waals surface area contributed by atoms with Crippen molar-refractivity contribution in [2.45, 2.75) is 26.9 Å². The van der Waals surface area contributed by atoms with E-state index in [0.29, 0.717) is 6.54 Å². The SMILES string of the molecule is Cc1cccc(C)c1CNCc1nnc2ccccn12. The lowest BCUT2D eigenvalue weighted by atomic mass is 10.0. The molecule has 0 aliphatic carbocycles. The molecule has 0 fully saturated rings. The van der Waals surface area contributed by atoms with Crippen molar-refractivity contribution >= 4 is 5.65 Å². The summed E-state index contributed by atoms with van der Waals surface area (Å²) in [6, 6.07) is 12.3. The second kappa shape index (κ2) is 5.43. The smallest absolute Gasteiger partial charge is 0.160 e. The molecule has 1 N–H and O–H groups in total. The third kappa shape index (κ3) is 2.42. The largest absolute Gasteiger partial charge is 0.306 e. The van der Waals surface area contributed by atoms with E-state index >= 15 is 0 Å². The highest BCUT2D eigenvalue weighted by atomic mass is 15.3. The number of aromatic nitrogens is 3. The number of hydrogen-bond acceptors (Lipinski definition) is 3. The maximum absolute atomic E-state index is 4.22. The van der Waals surface area contributed by atoms with Crippen molar-refractivity contribution in [1.29, 1.82) is 0 Å². The van der Waals surface area contributed by atoms with Gasteiger partial charge in [0, 0.05) is 12.7 Å². The molecule has 0 amide bonds. The maximum atomic E-state index is 4.22. The molecular weight excluding hydrogens is 248 g/mol. The highest BCUT2D eigenvalue weighted by molar-refractivity contribution is 5.37. The van der Waals surface area contributed by atoms with Gasteiger partial charge in [-0.05, 0) is 42.7 Å². The molecule has 20 heavy (non-hydrogen) atoms. The number of benzene rings is 1. The van der Waals surface area contributed by atoms with Gasteiger partial charge in [-0.2, -0.15) is 0 Å². The average molecular weight is 266 g/mol. The van der Waals surface area contributed by atoms with Crippen LogP contribution in [0.5, 0.6) is 0 Å². The zero-order valence-corrected chi connectivity index (χ0v) is 11.8. The van der Waals surface area contributed by atoms with Crippen LogP contribution in [0.4, 0.5) is 0 Å². The van der Waals surface area contributed by atoms with Crippen LogP contribution in [-0.2, 0) is 13.1 Å². The summed E-state index contributed by atoms with van der Waals surface area (Å²) in [6.07, 6.45) is 1.99. The van der Waals surface area contributed by atoms with Gasteiger partial charge in [0.1, 0.15) is 0 Å². The predicted octanol–water partition coefficient (Wildman–Crippen LogP) is 2.64. The Morgan fingerprint density at radius 3 is 2.55 bits per heavy atom. The lowest BCUT2D eigenvalue weighted by Gasteiger charge is -2.10. The summed E-state index contributed by atoms with van der Waals surface area (Å²) in [7, 11) is 0. The number of nitrogens with one attached hydrogen (secondary N) is 1. The maximum Gasteiger partial charge on any atom is 0.160 e. The van der Waals surface area contributed by atoms with E-state index in [4.69, 9.17) is 0 Å². The molecule has 0 saturated carbocycles. The molecule has 0 bridgehead atoms. The monoisotopic (exact) mass is 266 g/mol. The zero-order chi connectivity index (χ0) is 13.9. The summed E-state index contributed by atoms with van der Waals surface area (Å²) in [5.74, 6) is 0.937. The van der Waals surface area contributed by atoms with Gasteiger partial charge in [0.15, 0.2) is 11.5 Å². The highest BCUT2D eigenvalue weighted by Crippen LogP contribution is 2.13. The molecule has 3 aromatic rings. The minimum absolute atomic E-state index is 0.707. The van der Waals surface area contributed by atoms with Crippen LogP contribution in [0.3, 0.4) is 0 Å². The normalized spacial score (nSPS) is 11.1. The molecule has 2 aromatic heterocycles. The second-order valence-electron chi connectivity index (χ2n) is 5.02. The first-order valence-electron chi connectivity index (χ1n) is 6.80. The molecular formula is C16H18N4. The number of aryl methyl sites for hydroxylation is 2. The van der Waals surface area contributed by atoms with Crippen molar-refractivity contribution in [3.05, 3.63) is 65.1 Å². The lowest BCUT2D eigenvalue weighted by molar-refractivity contribution is 0.652. The van der Waals surface area contributed by atoms with Crippen LogP contribution in [0.2, 0.25) is 0 Å². The Morgan fingerprint density at radius 1 is 0.950 bits per heavy atom. The summed E-state index contributed by atoms with van der Waals surface area (Å²) in [4.78, 5) is 0. The van der Waals surface area contributed by atoms with E-state index in [9.17, 15) is 0 Å². The van der Waals surface area contributed by atoms with Crippen molar-refractivity contribution in [2.75, 3.05) is 0 Å². The van der Waals surface area contributed by atoms with Crippen molar-refractivity contribution < 1.29 is 0 Å². The predicted molar refractivity (Wildman–Crippen MR) is 79.4 cm³/mol. The Balaban J connectivity index is 1.71. The van der Waals surface area contributed by atoms with Gasteiger partial charge in [0.25, 0.3) is 0 Å². The fraction of sp³-hybridized carbons (Fsp3) is 0.250. The first-order chi connectivity index (χ1) is 9.75. The van der Waals surface area contributed by atoms with Gasteiger partial charge >= 0.3 is 0 Å². The summed E-state index contributed by atoms with van der Waals surface area (Å²) >= 11 is 0. The number of rotatable bonds is 4. The van der Waals surface area contributed by atoms with E-state index in [0.717, 1.165) is 18.0 Å². The molecule has 3 rings (SSSR count). The number of fused-ring (bicyclic) bond motifs is 1. The van der Waals surface area contributed by atoms with Gasteiger partial charge < -0.3 is 5.32 Å². The van der Waals surface area contributed by atoms with Crippen molar-refractivity contribution in [3.63, 3.8) is 0 Å². The Hall–Kier alpha value is -2.20. The van der Waals surface area contributed by atoms with Gasteiger partial charge in [-0.25, -0.2) is 0 Å². The molecule has 0 saturated heterocycles. The molecule has 0 spiro atoms. The number of pyridine rings is 1. The van der Waals surface area contributed by atoms with Crippen LogP contribution >= 0.6 is 0 Å². The van der Waals surface area contributed by atoms with E-state index in [1.165, 1.54) is 16.7 Å². The van der Waals surface area contributed by atoms with Crippen LogP contribution in [0.15, 0.2) is 42.6 Å². The second-order valence-corrected chi connectivity index (χ2v) is 5.02. The summed E-state index contributed by atoms with van der Waals surface area (Å²) in [5.41, 5.74) is 4.89. The van der Waals surface area contributed by atoms with Crippen LogP contribution in [0, 0.1) is 13.8 Å². The molecule has 4 heteroatoms. The van der Waals surface area contributed by atoms with Gasteiger partial charge in [-0.3, -0.25) is 4.40 Å². The standard InChI is InChI=1S/C16H18N4/c1-12-6-5-7-13(2)14(12)10-17-11-16-19-18-15-8-3-4-9-20(15)16/h3-9,17H,10-11H2,1-2H3. The minimum atomic E-state index is 0.707. The van der Waals surface area contributed by atoms with Gasteiger partial charge in [-0.1, -0.05) is 24.3 Å². The van der Waals surface area contributed by atoms with Gasteiger partial charge in [0.2, 0.25) is 0 Å². The summed E-state index contributed by atoms with van der Waals surface area (Å²) in [6.45, 7) is 5.85. The van der Waals surface area contributed by atoms with E-state index in [-0.39, 0.29) is 0 Å². The molecule has 102 valence electrons. The molecule has 0 atom stereocenters. The molecule has 2 heterocycles. The van der Waals surface area contributed by atoms with Crippen LogP contribution in [-0.4, -0.2) is 14.6 Å². The summed E-state index contributed by atoms with van der Waals surface area (Å²) < 4.78 is 2.01. The molecule has 0 aliphatic rings. The number of hydrogen-bond donors (Lipinski definition) is 1. The first-order valence-corrected chi connectivity index (χ1v) is 6.80. The Bertz CT molecular complexity index is 710. The van der Waals surface area contributed by atoms with E-state index in [1.54, 1.807) is 0 Å². The topological polar surface area (TPSA) is 42.2 Å². The zero-order valence-electron chi connectivity index (χ0n) is 11.8.